The zero-order valence-electron chi connectivity index (χ0n) is 8.25. The number of nitrogens with one attached hydrogen (secondary N) is 1. The van der Waals surface area contributed by atoms with Crippen LogP contribution in [-0.4, -0.2) is 17.4 Å². The number of halogens is 1. The Morgan fingerprint density at radius 3 is 2.86 bits per heavy atom. The molecule has 14 heavy (non-hydrogen) atoms. The SMILES string of the molecule is CC(C)CNC(=O)c1cncc(Br)c1. The zero-order valence-corrected chi connectivity index (χ0v) is 9.84. The Morgan fingerprint density at radius 2 is 2.29 bits per heavy atom. The highest BCUT2D eigenvalue weighted by molar-refractivity contribution is 9.10. The van der Waals surface area contributed by atoms with Crippen LogP contribution in [0.25, 0.3) is 0 Å². The molecule has 0 fully saturated rings. The molecule has 0 spiro atoms. The maximum absolute atomic E-state index is 11.5. The van der Waals surface area contributed by atoms with E-state index in [-0.39, 0.29) is 5.91 Å². The van der Waals surface area contributed by atoms with E-state index in [1.54, 1.807) is 18.5 Å². The first-order valence-electron chi connectivity index (χ1n) is 4.48. The maximum Gasteiger partial charge on any atom is 0.252 e. The molecule has 0 saturated carbocycles. The first-order valence-corrected chi connectivity index (χ1v) is 5.27. The van der Waals surface area contributed by atoms with Crippen LogP contribution in [0.1, 0.15) is 24.2 Å². The van der Waals surface area contributed by atoms with Crippen LogP contribution in [0.3, 0.4) is 0 Å². The average Bonchev–Trinajstić information content (AvgIpc) is 2.14. The van der Waals surface area contributed by atoms with Crippen LogP contribution in [0.15, 0.2) is 22.9 Å². The Bertz CT molecular complexity index is 326. The number of amides is 1. The van der Waals surface area contributed by atoms with Crippen molar-refractivity contribution < 1.29 is 4.79 Å². The van der Waals surface area contributed by atoms with E-state index in [2.05, 4.69) is 40.1 Å². The van der Waals surface area contributed by atoms with E-state index < -0.39 is 0 Å². The van der Waals surface area contributed by atoms with E-state index in [0.29, 0.717) is 18.0 Å². The second-order valence-corrected chi connectivity index (χ2v) is 4.41. The summed E-state index contributed by atoms with van der Waals surface area (Å²) >= 11 is 3.27. The van der Waals surface area contributed by atoms with Gasteiger partial charge in [-0.3, -0.25) is 9.78 Å². The van der Waals surface area contributed by atoms with Crippen LogP contribution in [0.2, 0.25) is 0 Å². The normalized spacial score (nSPS) is 10.3. The van der Waals surface area contributed by atoms with Gasteiger partial charge in [-0.2, -0.15) is 0 Å². The molecule has 76 valence electrons. The summed E-state index contributed by atoms with van der Waals surface area (Å²) < 4.78 is 0.815. The Hall–Kier alpha value is -0.900. The molecule has 1 N–H and O–H groups in total. The molecule has 4 heteroatoms. The minimum atomic E-state index is -0.0764. The molecule has 1 heterocycles. The first-order chi connectivity index (χ1) is 6.59. The molecule has 0 unspecified atom stereocenters. The van der Waals surface area contributed by atoms with Gasteiger partial charge in [0.25, 0.3) is 5.91 Å². The fourth-order valence-corrected chi connectivity index (χ4v) is 1.30. The third kappa shape index (κ3) is 3.46. The van der Waals surface area contributed by atoms with E-state index >= 15 is 0 Å². The number of rotatable bonds is 3. The van der Waals surface area contributed by atoms with E-state index in [4.69, 9.17) is 0 Å². The molecule has 0 aliphatic rings. The number of carbonyl (C=O) groups is 1. The van der Waals surface area contributed by atoms with Gasteiger partial charge in [-0.1, -0.05) is 13.8 Å². The monoisotopic (exact) mass is 256 g/mol. The molecular formula is C10H13BrN2O. The summed E-state index contributed by atoms with van der Waals surface area (Å²) in [5.41, 5.74) is 0.583. The van der Waals surface area contributed by atoms with Gasteiger partial charge in [0, 0.05) is 23.4 Å². The summed E-state index contributed by atoms with van der Waals surface area (Å²) in [6.45, 7) is 4.80. The molecular weight excluding hydrogens is 244 g/mol. The van der Waals surface area contributed by atoms with E-state index in [1.807, 2.05) is 0 Å². The molecule has 1 aromatic rings. The highest BCUT2D eigenvalue weighted by Gasteiger charge is 2.06. The summed E-state index contributed by atoms with van der Waals surface area (Å²) in [5.74, 6) is 0.381. The van der Waals surface area contributed by atoms with Gasteiger partial charge in [-0.05, 0) is 27.9 Å². The van der Waals surface area contributed by atoms with Gasteiger partial charge < -0.3 is 5.32 Å². The Balaban J connectivity index is 2.61. The molecule has 3 nitrogen and oxygen atoms in total. The largest absolute Gasteiger partial charge is 0.352 e. The van der Waals surface area contributed by atoms with Crippen molar-refractivity contribution in [2.45, 2.75) is 13.8 Å². The summed E-state index contributed by atoms with van der Waals surface area (Å²) in [5, 5.41) is 2.83. The quantitative estimate of drug-likeness (QED) is 0.902. The topological polar surface area (TPSA) is 42.0 Å². The fraction of sp³-hybridized carbons (Fsp3) is 0.400. The van der Waals surface area contributed by atoms with E-state index in [9.17, 15) is 4.79 Å². The van der Waals surface area contributed by atoms with Crippen molar-refractivity contribution in [3.05, 3.63) is 28.5 Å². The molecule has 1 rings (SSSR count). The lowest BCUT2D eigenvalue weighted by Crippen LogP contribution is -2.27. The molecule has 0 saturated heterocycles. The number of nitrogens with zero attached hydrogens (tertiary/aromatic N) is 1. The molecule has 0 bridgehead atoms. The van der Waals surface area contributed by atoms with Crippen molar-refractivity contribution in [3.8, 4) is 0 Å². The van der Waals surface area contributed by atoms with Gasteiger partial charge in [0.2, 0.25) is 0 Å². The molecule has 1 amide bonds. The predicted molar refractivity (Wildman–Crippen MR) is 59.1 cm³/mol. The molecule has 0 aliphatic carbocycles. The summed E-state index contributed by atoms with van der Waals surface area (Å²) in [6.07, 6.45) is 3.21. The maximum atomic E-state index is 11.5. The van der Waals surface area contributed by atoms with Crippen molar-refractivity contribution in [2.24, 2.45) is 5.92 Å². The van der Waals surface area contributed by atoms with Crippen molar-refractivity contribution in [2.75, 3.05) is 6.54 Å². The van der Waals surface area contributed by atoms with Gasteiger partial charge in [-0.15, -0.1) is 0 Å². The number of aromatic nitrogens is 1. The van der Waals surface area contributed by atoms with Gasteiger partial charge in [-0.25, -0.2) is 0 Å². The Kier molecular flexibility index (Phi) is 4.07. The van der Waals surface area contributed by atoms with Crippen molar-refractivity contribution >= 4 is 21.8 Å². The van der Waals surface area contributed by atoms with Crippen LogP contribution in [-0.2, 0) is 0 Å². The van der Waals surface area contributed by atoms with E-state index in [0.717, 1.165) is 4.47 Å². The van der Waals surface area contributed by atoms with Crippen LogP contribution >= 0.6 is 15.9 Å². The predicted octanol–water partition coefficient (Wildman–Crippen LogP) is 2.23. The highest BCUT2D eigenvalue weighted by Crippen LogP contribution is 2.09. The molecule has 0 aromatic carbocycles. The molecule has 0 atom stereocenters. The molecule has 0 aliphatic heterocycles. The standard InChI is InChI=1S/C10H13BrN2O/c1-7(2)4-13-10(14)8-3-9(11)6-12-5-8/h3,5-7H,4H2,1-2H3,(H,13,14). The van der Waals surface area contributed by atoms with Crippen LogP contribution in [0, 0.1) is 5.92 Å². The second kappa shape index (κ2) is 5.10. The van der Waals surface area contributed by atoms with Crippen LogP contribution < -0.4 is 5.32 Å². The summed E-state index contributed by atoms with van der Waals surface area (Å²) in [7, 11) is 0. The zero-order chi connectivity index (χ0) is 10.6. The van der Waals surface area contributed by atoms with Crippen LogP contribution in [0.4, 0.5) is 0 Å². The summed E-state index contributed by atoms with van der Waals surface area (Å²) in [4.78, 5) is 15.5. The number of pyridine rings is 1. The average molecular weight is 257 g/mol. The molecule has 1 aromatic heterocycles. The lowest BCUT2D eigenvalue weighted by molar-refractivity contribution is 0.0948. The lowest BCUT2D eigenvalue weighted by atomic mass is 10.2. The highest BCUT2D eigenvalue weighted by atomic mass is 79.9. The van der Waals surface area contributed by atoms with Crippen molar-refractivity contribution in [3.63, 3.8) is 0 Å². The van der Waals surface area contributed by atoms with Gasteiger partial charge in [0.15, 0.2) is 0 Å². The van der Waals surface area contributed by atoms with Gasteiger partial charge in [0.05, 0.1) is 5.56 Å². The number of hydrogen-bond donors (Lipinski definition) is 1. The lowest BCUT2D eigenvalue weighted by Gasteiger charge is -2.07. The number of hydrogen-bond acceptors (Lipinski definition) is 2. The summed E-state index contributed by atoms with van der Waals surface area (Å²) in [6, 6.07) is 1.75. The smallest absolute Gasteiger partial charge is 0.252 e. The fourth-order valence-electron chi connectivity index (χ4n) is 0.935. The van der Waals surface area contributed by atoms with Crippen LogP contribution in [0.5, 0.6) is 0 Å². The minimum absolute atomic E-state index is 0.0764. The number of carbonyl (C=O) groups excluding carboxylic acids is 1. The third-order valence-electron chi connectivity index (χ3n) is 1.64. The minimum Gasteiger partial charge on any atom is -0.352 e. The van der Waals surface area contributed by atoms with Crippen molar-refractivity contribution in [1.29, 1.82) is 0 Å². The van der Waals surface area contributed by atoms with Gasteiger partial charge >= 0.3 is 0 Å². The Labute approximate surface area is 92.1 Å². The van der Waals surface area contributed by atoms with Crippen molar-refractivity contribution in [1.82, 2.24) is 10.3 Å². The first kappa shape index (κ1) is 11.2. The second-order valence-electron chi connectivity index (χ2n) is 3.50. The van der Waals surface area contributed by atoms with Gasteiger partial charge in [0.1, 0.15) is 0 Å². The molecule has 0 radical (unpaired) electrons. The van der Waals surface area contributed by atoms with E-state index in [1.165, 1.54) is 0 Å². The Morgan fingerprint density at radius 1 is 1.57 bits per heavy atom. The third-order valence-corrected chi connectivity index (χ3v) is 2.07.